The van der Waals surface area contributed by atoms with Crippen LogP contribution in [-0.4, -0.2) is 34.6 Å². The van der Waals surface area contributed by atoms with Crippen molar-refractivity contribution < 1.29 is 14.3 Å². The van der Waals surface area contributed by atoms with E-state index in [0.29, 0.717) is 17.3 Å². The number of hydrogen-bond acceptors (Lipinski definition) is 5. The Hall–Kier alpha value is -2.05. The van der Waals surface area contributed by atoms with Crippen LogP contribution >= 0.6 is 24.0 Å². The Morgan fingerprint density at radius 3 is 2.38 bits per heavy atom. The Bertz CT molecular complexity index is 820. The summed E-state index contributed by atoms with van der Waals surface area (Å²) in [6, 6.07) is 13.7. The maximum Gasteiger partial charge on any atom is 0.242 e. The molecular weight excluding hydrogens is 366 g/mol. The van der Waals surface area contributed by atoms with E-state index in [1.54, 1.807) is 19.1 Å². The number of hydrogen-bond donors (Lipinski definition) is 0. The molecule has 0 aromatic heterocycles. The Morgan fingerprint density at radius 1 is 1.08 bits per heavy atom. The highest BCUT2D eigenvalue weighted by molar-refractivity contribution is 8.24. The van der Waals surface area contributed by atoms with Gasteiger partial charge in [0.05, 0.1) is 26.0 Å². The van der Waals surface area contributed by atoms with Crippen LogP contribution < -0.4 is 9.47 Å². The third kappa shape index (κ3) is 4.02. The molecule has 0 aliphatic carbocycles. The first-order valence-electron chi connectivity index (χ1n) is 8.30. The fraction of sp³-hybridized carbons (Fsp3) is 0.300. The quantitative estimate of drug-likeness (QED) is 0.701. The van der Waals surface area contributed by atoms with Crippen LogP contribution in [0.1, 0.15) is 16.7 Å². The fourth-order valence-corrected chi connectivity index (χ4v) is 4.50. The van der Waals surface area contributed by atoms with Crippen molar-refractivity contribution in [2.24, 2.45) is 0 Å². The first kappa shape index (κ1) is 18.7. The molecular formula is C20H21NO3S2. The topological polar surface area (TPSA) is 38.8 Å². The lowest BCUT2D eigenvalue weighted by molar-refractivity contribution is -0.126. The second-order valence-electron chi connectivity index (χ2n) is 6.15. The summed E-state index contributed by atoms with van der Waals surface area (Å²) < 4.78 is 11.1. The minimum Gasteiger partial charge on any atom is -0.497 e. The van der Waals surface area contributed by atoms with Crippen LogP contribution in [0.4, 0.5) is 0 Å². The van der Waals surface area contributed by atoms with Gasteiger partial charge in [-0.15, -0.1) is 0 Å². The average molecular weight is 388 g/mol. The van der Waals surface area contributed by atoms with Crippen molar-refractivity contribution in [3.05, 3.63) is 59.2 Å². The third-order valence-electron chi connectivity index (χ3n) is 4.39. The first-order chi connectivity index (χ1) is 12.5. The van der Waals surface area contributed by atoms with Crippen molar-refractivity contribution in [2.75, 3.05) is 14.2 Å². The van der Waals surface area contributed by atoms with E-state index in [1.165, 1.54) is 11.8 Å². The van der Waals surface area contributed by atoms with E-state index in [-0.39, 0.29) is 11.2 Å². The van der Waals surface area contributed by atoms with Crippen LogP contribution in [-0.2, 0) is 17.8 Å². The average Bonchev–Trinajstić information content (AvgIpc) is 2.90. The number of aryl methyl sites for hydroxylation is 1. The molecule has 2 aromatic carbocycles. The van der Waals surface area contributed by atoms with Crippen molar-refractivity contribution in [2.45, 2.75) is 25.1 Å². The molecule has 2 aromatic rings. The Balaban J connectivity index is 1.69. The summed E-state index contributed by atoms with van der Waals surface area (Å²) in [6.45, 7) is 2.50. The molecule has 0 unspecified atom stereocenters. The van der Waals surface area contributed by atoms with Gasteiger partial charge in [0.25, 0.3) is 0 Å². The van der Waals surface area contributed by atoms with E-state index < -0.39 is 0 Å². The van der Waals surface area contributed by atoms with Crippen LogP contribution in [0.25, 0.3) is 0 Å². The molecule has 136 valence electrons. The molecule has 0 bridgehead atoms. The largest absolute Gasteiger partial charge is 0.497 e. The number of thioether (sulfide) groups is 1. The molecule has 1 aliphatic heterocycles. The molecule has 6 heteroatoms. The van der Waals surface area contributed by atoms with Gasteiger partial charge in [0, 0.05) is 0 Å². The highest BCUT2D eigenvalue weighted by Crippen LogP contribution is 2.32. The van der Waals surface area contributed by atoms with E-state index in [4.69, 9.17) is 21.7 Å². The minimum absolute atomic E-state index is 0.0734. The maximum atomic E-state index is 12.8. The molecule has 0 radical (unpaired) electrons. The SMILES string of the molecule is COc1ccc(CN2C(=O)[C@H](Cc3ccc(OC)c(C)c3)SC2=S)cc1. The van der Waals surface area contributed by atoms with Crippen molar-refractivity contribution in [1.29, 1.82) is 0 Å². The number of rotatable bonds is 6. The van der Waals surface area contributed by atoms with Crippen molar-refractivity contribution in [1.82, 2.24) is 4.90 Å². The number of ether oxygens (including phenoxy) is 2. The number of thiocarbonyl (C=S) groups is 1. The van der Waals surface area contributed by atoms with Crippen LogP contribution in [0.2, 0.25) is 0 Å². The van der Waals surface area contributed by atoms with Crippen molar-refractivity contribution >= 4 is 34.2 Å². The second-order valence-corrected chi connectivity index (χ2v) is 7.99. The van der Waals surface area contributed by atoms with E-state index in [2.05, 4.69) is 6.07 Å². The standard InChI is InChI=1S/C20H21NO3S2/c1-13-10-15(6-9-17(13)24-3)11-18-19(22)21(20(25)26-18)12-14-4-7-16(23-2)8-5-14/h4-10,18H,11-12H2,1-3H3/t18-/m0/s1. The summed E-state index contributed by atoms with van der Waals surface area (Å²) >= 11 is 6.92. The highest BCUT2D eigenvalue weighted by Gasteiger charge is 2.36. The fourth-order valence-electron chi connectivity index (χ4n) is 2.97. The van der Waals surface area contributed by atoms with Gasteiger partial charge < -0.3 is 9.47 Å². The van der Waals surface area contributed by atoms with E-state index in [9.17, 15) is 4.79 Å². The van der Waals surface area contributed by atoms with Gasteiger partial charge >= 0.3 is 0 Å². The minimum atomic E-state index is -0.173. The zero-order valence-corrected chi connectivity index (χ0v) is 16.7. The lowest BCUT2D eigenvalue weighted by Crippen LogP contribution is -2.31. The molecule has 1 aliphatic rings. The molecule has 1 fully saturated rings. The van der Waals surface area contributed by atoms with Crippen LogP contribution in [0.5, 0.6) is 11.5 Å². The van der Waals surface area contributed by atoms with E-state index in [0.717, 1.165) is 28.2 Å². The molecule has 3 rings (SSSR count). The number of amides is 1. The number of methoxy groups -OCH3 is 2. The predicted octanol–water partition coefficient (Wildman–Crippen LogP) is 3.98. The number of nitrogens with zero attached hydrogens (tertiary/aromatic N) is 1. The lowest BCUT2D eigenvalue weighted by atomic mass is 10.1. The number of benzene rings is 2. The Kier molecular flexibility index (Phi) is 5.84. The van der Waals surface area contributed by atoms with E-state index in [1.807, 2.05) is 43.3 Å². The molecule has 0 spiro atoms. The summed E-state index contributed by atoms with van der Waals surface area (Å²) in [6.07, 6.45) is 0.660. The number of carbonyl (C=O) groups excluding carboxylic acids is 1. The summed E-state index contributed by atoms with van der Waals surface area (Å²) in [4.78, 5) is 14.5. The zero-order valence-electron chi connectivity index (χ0n) is 15.0. The van der Waals surface area contributed by atoms with Gasteiger partial charge in [0.15, 0.2) is 0 Å². The summed E-state index contributed by atoms with van der Waals surface area (Å²) in [5.74, 6) is 1.73. The summed E-state index contributed by atoms with van der Waals surface area (Å²) in [7, 11) is 3.30. The summed E-state index contributed by atoms with van der Waals surface area (Å²) in [5.41, 5.74) is 3.21. The second kappa shape index (κ2) is 8.10. The number of carbonyl (C=O) groups is 1. The molecule has 1 saturated heterocycles. The molecule has 1 atom stereocenters. The molecule has 26 heavy (non-hydrogen) atoms. The smallest absolute Gasteiger partial charge is 0.242 e. The Labute approximate surface area is 163 Å². The molecule has 1 heterocycles. The van der Waals surface area contributed by atoms with Gasteiger partial charge in [-0.1, -0.05) is 48.2 Å². The van der Waals surface area contributed by atoms with Crippen molar-refractivity contribution in [3.8, 4) is 11.5 Å². The van der Waals surface area contributed by atoms with Gasteiger partial charge in [-0.25, -0.2) is 0 Å². The molecule has 0 saturated carbocycles. The molecule has 1 amide bonds. The van der Waals surface area contributed by atoms with Gasteiger partial charge in [-0.05, 0) is 48.2 Å². The lowest BCUT2D eigenvalue weighted by Gasteiger charge is -2.16. The van der Waals surface area contributed by atoms with Gasteiger partial charge in [0.1, 0.15) is 15.8 Å². The van der Waals surface area contributed by atoms with Gasteiger partial charge in [-0.2, -0.15) is 0 Å². The Morgan fingerprint density at radius 2 is 1.77 bits per heavy atom. The van der Waals surface area contributed by atoms with E-state index >= 15 is 0 Å². The molecule has 4 nitrogen and oxygen atoms in total. The third-order valence-corrected chi connectivity index (χ3v) is 5.97. The van der Waals surface area contributed by atoms with Crippen molar-refractivity contribution in [3.63, 3.8) is 0 Å². The van der Waals surface area contributed by atoms with Crippen LogP contribution in [0.3, 0.4) is 0 Å². The maximum absolute atomic E-state index is 12.8. The monoisotopic (exact) mass is 387 g/mol. The van der Waals surface area contributed by atoms with Crippen LogP contribution in [0, 0.1) is 6.92 Å². The van der Waals surface area contributed by atoms with Crippen LogP contribution in [0.15, 0.2) is 42.5 Å². The highest BCUT2D eigenvalue weighted by atomic mass is 32.2. The zero-order chi connectivity index (χ0) is 18.7. The predicted molar refractivity (Wildman–Crippen MR) is 109 cm³/mol. The normalized spacial score (nSPS) is 16.9. The molecule has 0 N–H and O–H groups in total. The van der Waals surface area contributed by atoms with Gasteiger partial charge in [-0.3, -0.25) is 9.69 Å². The van der Waals surface area contributed by atoms with Gasteiger partial charge in [0.2, 0.25) is 5.91 Å². The first-order valence-corrected chi connectivity index (χ1v) is 9.59. The summed E-state index contributed by atoms with van der Waals surface area (Å²) in [5, 5.41) is -0.173.